The maximum absolute atomic E-state index is 6.04. The number of hydrogen-bond donors (Lipinski definition) is 0. The number of alkyl halides is 2. The molecule has 106 valence electrons. The number of nitrogens with zero attached hydrogens (tertiary/aromatic N) is 3. The van der Waals surface area contributed by atoms with Crippen LogP contribution >= 0.6 is 35.0 Å². The van der Waals surface area contributed by atoms with Crippen molar-refractivity contribution in [2.24, 2.45) is 13.0 Å². The van der Waals surface area contributed by atoms with Crippen LogP contribution in [0.3, 0.4) is 0 Å². The number of halogens is 2. The Morgan fingerprint density at radius 1 is 1.40 bits per heavy atom. The Bertz CT molecular complexity index is 639. The van der Waals surface area contributed by atoms with Crippen LogP contribution in [0.5, 0.6) is 0 Å². The first-order valence-corrected chi connectivity index (χ1v) is 8.18. The van der Waals surface area contributed by atoms with Crippen LogP contribution in [0.25, 0.3) is 11.4 Å². The summed E-state index contributed by atoms with van der Waals surface area (Å²) >= 11 is 13.7. The standard InChI is InChI=1S/C14H15Cl2N3S/c1-9-4-3-5-10(6-9)12-17-18-13(19(12)2)20-8-11-7-14(11,15)16/h3-6,11H,7-8H2,1-2H3. The number of benzene rings is 1. The van der Waals surface area contributed by atoms with Gasteiger partial charge in [0.15, 0.2) is 11.0 Å². The molecule has 1 saturated carbocycles. The molecule has 0 bridgehead atoms. The van der Waals surface area contributed by atoms with Gasteiger partial charge in [-0.25, -0.2) is 0 Å². The third-order valence-electron chi connectivity index (χ3n) is 3.48. The Balaban J connectivity index is 1.75. The van der Waals surface area contributed by atoms with Crippen LogP contribution < -0.4 is 0 Å². The lowest BCUT2D eigenvalue weighted by molar-refractivity contribution is 0.791. The molecule has 0 saturated heterocycles. The summed E-state index contributed by atoms with van der Waals surface area (Å²) in [6, 6.07) is 8.27. The van der Waals surface area contributed by atoms with E-state index in [9.17, 15) is 0 Å². The van der Waals surface area contributed by atoms with Crippen molar-refractivity contribution >= 4 is 35.0 Å². The van der Waals surface area contributed by atoms with Crippen LogP contribution in [0.1, 0.15) is 12.0 Å². The molecule has 1 fully saturated rings. The number of thioether (sulfide) groups is 1. The second kappa shape index (κ2) is 5.24. The fourth-order valence-electron chi connectivity index (χ4n) is 2.10. The smallest absolute Gasteiger partial charge is 0.191 e. The molecule has 0 spiro atoms. The molecule has 0 amide bonds. The summed E-state index contributed by atoms with van der Waals surface area (Å²) in [6.07, 6.45) is 0.867. The molecule has 0 aliphatic heterocycles. The Labute approximate surface area is 132 Å². The highest BCUT2D eigenvalue weighted by molar-refractivity contribution is 7.99. The zero-order chi connectivity index (χ0) is 14.3. The average molecular weight is 328 g/mol. The largest absolute Gasteiger partial charge is 0.305 e. The highest BCUT2D eigenvalue weighted by Gasteiger charge is 2.51. The third-order valence-corrected chi connectivity index (χ3v) is 5.59. The van der Waals surface area contributed by atoms with Crippen molar-refractivity contribution in [1.29, 1.82) is 0 Å². The van der Waals surface area contributed by atoms with Crippen molar-refractivity contribution in [3.05, 3.63) is 29.8 Å². The first-order chi connectivity index (χ1) is 9.47. The summed E-state index contributed by atoms with van der Waals surface area (Å²) in [4.78, 5) is 0. The summed E-state index contributed by atoms with van der Waals surface area (Å²) in [5.41, 5.74) is 2.30. The highest BCUT2D eigenvalue weighted by atomic mass is 35.5. The van der Waals surface area contributed by atoms with Crippen LogP contribution in [0.15, 0.2) is 29.4 Å². The molecule has 1 unspecified atom stereocenters. The van der Waals surface area contributed by atoms with Crippen LogP contribution in [0.4, 0.5) is 0 Å². The van der Waals surface area contributed by atoms with Gasteiger partial charge in [-0.1, -0.05) is 35.5 Å². The minimum atomic E-state index is -0.523. The number of aromatic nitrogens is 3. The Morgan fingerprint density at radius 2 is 2.15 bits per heavy atom. The fraction of sp³-hybridized carbons (Fsp3) is 0.429. The minimum absolute atomic E-state index is 0.356. The number of hydrogen-bond acceptors (Lipinski definition) is 3. The van der Waals surface area contributed by atoms with Crippen LogP contribution in [-0.4, -0.2) is 24.9 Å². The molecular formula is C14H15Cl2N3S. The van der Waals surface area contributed by atoms with Gasteiger partial charge in [-0.15, -0.1) is 33.4 Å². The van der Waals surface area contributed by atoms with Gasteiger partial charge < -0.3 is 4.57 Å². The zero-order valence-corrected chi connectivity index (χ0v) is 13.6. The van der Waals surface area contributed by atoms with E-state index in [0.29, 0.717) is 5.92 Å². The van der Waals surface area contributed by atoms with Gasteiger partial charge in [-0.3, -0.25) is 0 Å². The van der Waals surface area contributed by atoms with Crippen LogP contribution in [0, 0.1) is 12.8 Å². The maximum Gasteiger partial charge on any atom is 0.191 e. The molecule has 1 aliphatic carbocycles. The van der Waals surface area contributed by atoms with E-state index in [2.05, 4.69) is 35.3 Å². The summed E-state index contributed by atoms with van der Waals surface area (Å²) in [7, 11) is 1.99. The van der Waals surface area contributed by atoms with E-state index in [1.165, 1.54) is 5.56 Å². The molecular weight excluding hydrogens is 313 g/mol. The van der Waals surface area contributed by atoms with Crippen molar-refractivity contribution in [1.82, 2.24) is 14.8 Å². The van der Waals surface area contributed by atoms with Crippen LogP contribution in [-0.2, 0) is 7.05 Å². The SMILES string of the molecule is Cc1cccc(-c2nnc(SCC3CC3(Cl)Cl)n2C)c1. The molecule has 20 heavy (non-hydrogen) atoms. The highest BCUT2D eigenvalue weighted by Crippen LogP contribution is 2.54. The number of aryl methyl sites for hydroxylation is 1. The lowest BCUT2D eigenvalue weighted by Crippen LogP contribution is -1.98. The Hall–Kier alpha value is -0.710. The van der Waals surface area contributed by atoms with Gasteiger partial charge in [0, 0.05) is 24.3 Å². The molecule has 0 N–H and O–H groups in total. The van der Waals surface area contributed by atoms with Crippen molar-refractivity contribution in [3.8, 4) is 11.4 Å². The van der Waals surface area contributed by atoms with E-state index < -0.39 is 4.33 Å². The lowest BCUT2D eigenvalue weighted by atomic mass is 10.1. The second-order valence-electron chi connectivity index (χ2n) is 5.21. The first kappa shape index (κ1) is 14.2. The predicted octanol–water partition coefficient (Wildman–Crippen LogP) is 4.08. The van der Waals surface area contributed by atoms with Gasteiger partial charge in [0.25, 0.3) is 0 Å². The van der Waals surface area contributed by atoms with Gasteiger partial charge in [0.05, 0.1) is 0 Å². The van der Waals surface area contributed by atoms with Gasteiger partial charge in [-0.05, 0) is 19.4 Å². The van der Waals surface area contributed by atoms with E-state index in [1.807, 2.05) is 17.7 Å². The van der Waals surface area contributed by atoms with Gasteiger partial charge >= 0.3 is 0 Å². The van der Waals surface area contributed by atoms with Gasteiger partial charge in [0.1, 0.15) is 4.33 Å². The predicted molar refractivity (Wildman–Crippen MR) is 84.4 cm³/mol. The molecule has 1 aliphatic rings. The lowest BCUT2D eigenvalue weighted by Gasteiger charge is -2.04. The molecule has 3 rings (SSSR count). The van der Waals surface area contributed by atoms with E-state index in [-0.39, 0.29) is 0 Å². The number of rotatable bonds is 4. The van der Waals surface area contributed by atoms with Crippen molar-refractivity contribution in [2.75, 3.05) is 5.75 Å². The van der Waals surface area contributed by atoms with E-state index in [4.69, 9.17) is 23.2 Å². The molecule has 1 heterocycles. The minimum Gasteiger partial charge on any atom is -0.305 e. The van der Waals surface area contributed by atoms with E-state index in [0.717, 1.165) is 28.7 Å². The summed E-state index contributed by atoms with van der Waals surface area (Å²) < 4.78 is 1.50. The summed E-state index contributed by atoms with van der Waals surface area (Å²) in [6.45, 7) is 2.07. The molecule has 1 atom stereocenters. The second-order valence-corrected chi connectivity index (χ2v) is 7.74. The van der Waals surface area contributed by atoms with Crippen molar-refractivity contribution in [2.45, 2.75) is 22.8 Å². The van der Waals surface area contributed by atoms with Gasteiger partial charge in [-0.2, -0.15) is 0 Å². The summed E-state index contributed by atoms with van der Waals surface area (Å²) in [5.74, 6) is 2.12. The molecule has 1 aromatic heterocycles. The molecule has 1 aromatic carbocycles. The molecule has 2 aromatic rings. The van der Waals surface area contributed by atoms with Crippen molar-refractivity contribution < 1.29 is 0 Å². The van der Waals surface area contributed by atoms with Gasteiger partial charge in [0.2, 0.25) is 0 Å². The van der Waals surface area contributed by atoms with E-state index >= 15 is 0 Å². The Kier molecular flexibility index (Phi) is 3.73. The van der Waals surface area contributed by atoms with E-state index in [1.54, 1.807) is 11.8 Å². The average Bonchev–Trinajstić information content (AvgIpc) is 2.84. The third kappa shape index (κ3) is 2.83. The normalized spacial score (nSPS) is 20.1. The molecule has 3 nitrogen and oxygen atoms in total. The quantitative estimate of drug-likeness (QED) is 0.626. The summed E-state index contributed by atoms with van der Waals surface area (Å²) in [5, 5.41) is 9.45. The topological polar surface area (TPSA) is 30.7 Å². The zero-order valence-electron chi connectivity index (χ0n) is 11.3. The maximum atomic E-state index is 6.04. The molecule has 0 radical (unpaired) electrons. The van der Waals surface area contributed by atoms with Crippen LogP contribution in [0.2, 0.25) is 0 Å². The Morgan fingerprint density at radius 3 is 2.80 bits per heavy atom. The monoisotopic (exact) mass is 327 g/mol. The fourth-order valence-corrected chi connectivity index (χ4v) is 3.94. The first-order valence-electron chi connectivity index (χ1n) is 6.44. The molecule has 6 heteroatoms. The van der Waals surface area contributed by atoms with Crippen molar-refractivity contribution in [3.63, 3.8) is 0 Å².